The van der Waals surface area contributed by atoms with Crippen molar-refractivity contribution in [1.82, 2.24) is 4.90 Å². The molecule has 2 aliphatic rings. The van der Waals surface area contributed by atoms with Gasteiger partial charge in [0.25, 0.3) is 0 Å². The quantitative estimate of drug-likeness (QED) is 0.775. The smallest absolute Gasteiger partial charge is 0.410 e. The third kappa shape index (κ3) is 3.02. The second-order valence-electron chi connectivity index (χ2n) is 6.91. The molecule has 1 fully saturated rings. The fourth-order valence-electron chi connectivity index (χ4n) is 4.23. The Morgan fingerprint density at radius 3 is 2.62 bits per heavy atom. The van der Waals surface area contributed by atoms with Crippen molar-refractivity contribution >= 4 is 11.8 Å². The maximum absolute atomic E-state index is 14.7. The van der Waals surface area contributed by atoms with E-state index in [-0.39, 0.29) is 31.0 Å². The van der Waals surface area contributed by atoms with Crippen LogP contribution in [0.5, 0.6) is 0 Å². The van der Waals surface area contributed by atoms with Crippen molar-refractivity contribution in [3.63, 3.8) is 0 Å². The second-order valence-corrected chi connectivity index (χ2v) is 6.91. The summed E-state index contributed by atoms with van der Waals surface area (Å²) in [5.74, 6) is -3.22. The molecule has 0 bridgehead atoms. The average Bonchev–Trinajstić information content (AvgIpc) is 2.74. The van der Waals surface area contributed by atoms with Gasteiger partial charge in [0, 0.05) is 24.9 Å². The molecule has 1 heterocycles. The molecule has 1 aromatic carbocycles. The van der Waals surface area contributed by atoms with E-state index in [1.54, 1.807) is 19.1 Å². The van der Waals surface area contributed by atoms with Gasteiger partial charge in [0.05, 0.1) is 36.4 Å². The number of fused-ring (bicyclic) bond motifs is 1. The van der Waals surface area contributed by atoms with E-state index in [1.807, 2.05) is 18.2 Å². The van der Waals surface area contributed by atoms with Gasteiger partial charge in [0.15, 0.2) is 0 Å². The van der Waals surface area contributed by atoms with Crippen molar-refractivity contribution in [2.24, 2.45) is 17.3 Å². The number of hydrogen-bond donors (Lipinski definition) is 1. The first kappa shape index (κ1) is 20.0. The maximum Gasteiger partial charge on any atom is 0.410 e. The summed E-state index contributed by atoms with van der Waals surface area (Å²) in [6.45, 7) is 2.01. The Hall–Kier alpha value is -3.70. The second kappa shape index (κ2) is 7.73. The van der Waals surface area contributed by atoms with Crippen LogP contribution in [0.25, 0.3) is 0 Å². The number of carbonyl (C=O) groups excluding carboxylic acids is 1. The van der Waals surface area contributed by atoms with Gasteiger partial charge in [0.1, 0.15) is 5.82 Å². The lowest BCUT2D eigenvalue weighted by Gasteiger charge is -2.47. The number of carbonyl (C=O) groups is 1. The van der Waals surface area contributed by atoms with Crippen LogP contribution in [0.1, 0.15) is 18.4 Å². The van der Waals surface area contributed by atoms with E-state index in [0.717, 1.165) is 0 Å². The van der Waals surface area contributed by atoms with Crippen molar-refractivity contribution in [1.29, 1.82) is 21.2 Å². The summed E-state index contributed by atoms with van der Waals surface area (Å²) >= 11 is 0. The molecule has 29 heavy (non-hydrogen) atoms. The van der Waals surface area contributed by atoms with Gasteiger partial charge in [-0.25, -0.2) is 9.18 Å². The van der Waals surface area contributed by atoms with E-state index in [9.17, 15) is 25.0 Å². The lowest BCUT2D eigenvalue weighted by molar-refractivity contribution is 0.0997. The summed E-state index contributed by atoms with van der Waals surface area (Å²) in [5.41, 5.74) is -1.71. The number of nitriles is 3. The lowest BCUT2D eigenvalue weighted by Crippen LogP contribution is -2.53. The minimum absolute atomic E-state index is 0.0558. The van der Waals surface area contributed by atoms with Crippen LogP contribution in [-0.2, 0) is 4.74 Å². The van der Waals surface area contributed by atoms with Gasteiger partial charge < -0.3 is 15.0 Å². The molecule has 1 amide bonds. The molecule has 1 aliphatic carbocycles. The van der Waals surface area contributed by atoms with Gasteiger partial charge in [-0.05, 0) is 24.1 Å². The van der Waals surface area contributed by atoms with Crippen LogP contribution < -0.4 is 0 Å². The number of hydrogen-bond acceptors (Lipinski definition) is 6. The third-order valence-corrected chi connectivity index (χ3v) is 5.55. The number of benzene rings is 1. The molecule has 1 aromatic rings. The standard InChI is InChI=1S/C21H18FN5O2/c1-2-29-20(28)27-8-7-16-15(10-27)18(13-5-3-4-6-17(13)22)14(9-23)19(26)21(16,11-24)12-25/h3-7,14-15,18,26H,2,8,10H2,1H3/t14-,15+,18+/m1/s1. The number of amides is 1. The molecule has 8 heteroatoms. The first-order valence-corrected chi connectivity index (χ1v) is 9.12. The van der Waals surface area contributed by atoms with Crippen LogP contribution in [-0.4, -0.2) is 36.4 Å². The van der Waals surface area contributed by atoms with E-state index in [2.05, 4.69) is 0 Å². The monoisotopic (exact) mass is 391 g/mol. The minimum Gasteiger partial charge on any atom is -0.450 e. The zero-order valence-electron chi connectivity index (χ0n) is 15.7. The Morgan fingerprint density at radius 2 is 2.03 bits per heavy atom. The first-order valence-electron chi connectivity index (χ1n) is 9.12. The first-order chi connectivity index (χ1) is 13.9. The van der Waals surface area contributed by atoms with E-state index in [4.69, 9.17) is 10.1 Å². The highest BCUT2D eigenvalue weighted by Gasteiger charge is 2.57. The average molecular weight is 391 g/mol. The van der Waals surface area contributed by atoms with Crippen molar-refractivity contribution in [3.05, 3.63) is 47.3 Å². The Morgan fingerprint density at radius 1 is 1.34 bits per heavy atom. The number of rotatable bonds is 2. The van der Waals surface area contributed by atoms with Crippen molar-refractivity contribution in [3.8, 4) is 18.2 Å². The predicted octanol–water partition coefficient (Wildman–Crippen LogP) is 3.13. The molecule has 3 rings (SSSR count). The number of nitrogens with one attached hydrogen (secondary N) is 1. The van der Waals surface area contributed by atoms with Crippen LogP contribution in [0.3, 0.4) is 0 Å². The SMILES string of the molecule is CCOC(=O)N1CC=C2[C@H](C1)[C@@H](c1ccccc1F)[C@@H](C#N)C(=N)C2(C#N)C#N. The lowest BCUT2D eigenvalue weighted by atomic mass is 9.55. The highest BCUT2D eigenvalue weighted by atomic mass is 19.1. The zero-order valence-corrected chi connectivity index (χ0v) is 15.7. The van der Waals surface area contributed by atoms with E-state index in [0.29, 0.717) is 5.57 Å². The summed E-state index contributed by atoms with van der Waals surface area (Å²) in [5, 5.41) is 37.9. The van der Waals surface area contributed by atoms with Gasteiger partial charge in [-0.1, -0.05) is 24.3 Å². The normalized spacial score (nSPS) is 24.9. The maximum atomic E-state index is 14.7. The molecule has 0 unspecified atom stereocenters. The highest BCUT2D eigenvalue weighted by molar-refractivity contribution is 6.01. The van der Waals surface area contributed by atoms with Gasteiger partial charge in [-0.2, -0.15) is 15.8 Å². The van der Waals surface area contributed by atoms with Crippen molar-refractivity contribution in [2.45, 2.75) is 12.8 Å². The summed E-state index contributed by atoms with van der Waals surface area (Å²) in [7, 11) is 0. The molecule has 0 aromatic heterocycles. The summed E-state index contributed by atoms with van der Waals surface area (Å²) in [6, 6.07) is 11.7. The highest BCUT2D eigenvalue weighted by Crippen LogP contribution is 2.52. The molecule has 7 nitrogen and oxygen atoms in total. The van der Waals surface area contributed by atoms with E-state index >= 15 is 0 Å². The fourth-order valence-corrected chi connectivity index (χ4v) is 4.23. The summed E-state index contributed by atoms with van der Waals surface area (Å²) in [6.07, 6.45) is 0.997. The van der Waals surface area contributed by atoms with Crippen molar-refractivity contribution in [2.75, 3.05) is 19.7 Å². The molecular formula is C21H18FN5O2. The topological polar surface area (TPSA) is 125 Å². The Bertz CT molecular complexity index is 999. The third-order valence-electron chi connectivity index (χ3n) is 5.55. The largest absolute Gasteiger partial charge is 0.450 e. The Balaban J connectivity index is 2.20. The van der Waals surface area contributed by atoms with Gasteiger partial charge in [-0.15, -0.1) is 0 Å². The molecule has 0 radical (unpaired) electrons. The van der Waals surface area contributed by atoms with E-state index < -0.39 is 35.1 Å². The van der Waals surface area contributed by atoms with Gasteiger partial charge in [-0.3, -0.25) is 0 Å². The Kier molecular flexibility index (Phi) is 5.35. The number of ether oxygens (including phenoxy) is 1. The van der Waals surface area contributed by atoms with Crippen LogP contribution >= 0.6 is 0 Å². The molecule has 1 N–H and O–H groups in total. The van der Waals surface area contributed by atoms with Crippen molar-refractivity contribution < 1.29 is 13.9 Å². The van der Waals surface area contributed by atoms with Crippen LogP contribution in [0.15, 0.2) is 35.9 Å². The fraction of sp³-hybridized carbons (Fsp3) is 0.381. The minimum atomic E-state index is -1.91. The van der Waals surface area contributed by atoms with Crippen LogP contribution in [0.4, 0.5) is 9.18 Å². The predicted molar refractivity (Wildman–Crippen MR) is 99.8 cm³/mol. The number of halogens is 1. The molecule has 1 saturated carbocycles. The van der Waals surface area contributed by atoms with Crippen LogP contribution in [0.2, 0.25) is 0 Å². The molecule has 0 saturated heterocycles. The summed E-state index contributed by atoms with van der Waals surface area (Å²) in [4.78, 5) is 13.7. The van der Waals surface area contributed by atoms with Gasteiger partial charge in [0.2, 0.25) is 5.41 Å². The molecule has 1 aliphatic heterocycles. The number of nitrogens with zero attached hydrogens (tertiary/aromatic N) is 4. The van der Waals surface area contributed by atoms with E-state index in [1.165, 1.54) is 23.1 Å². The zero-order chi connectivity index (χ0) is 21.2. The van der Waals surface area contributed by atoms with Crippen LogP contribution in [0, 0.1) is 62.5 Å². The molecule has 146 valence electrons. The summed E-state index contributed by atoms with van der Waals surface area (Å²) < 4.78 is 19.7. The molecule has 0 spiro atoms. The molecular weight excluding hydrogens is 373 g/mol. The Labute approximate surface area is 167 Å². The van der Waals surface area contributed by atoms with Gasteiger partial charge >= 0.3 is 6.09 Å². The molecule has 3 atom stereocenters.